The number of hydrogen-bond donors (Lipinski definition) is 3. The molecule has 1 fully saturated rings. The van der Waals surface area contributed by atoms with Crippen molar-refractivity contribution in [2.75, 3.05) is 6.54 Å². The summed E-state index contributed by atoms with van der Waals surface area (Å²) in [6, 6.07) is 1.43. The predicted octanol–water partition coefficient (Wildman–Crippen LogP) is 1.13. The summed E-state index contributed by atoms with van der Waals surface area (Å²) in [5, 5.41) is 28.9. The number of benzene rings is 1. The molecule has 1 aromatic carbocycles. The van der Waals surface area contributed by atoms with Gasteiger partial charge in [-0.2, -0.15) is 0 Å². The van der Waals surface area contributed by atoms with Crippen LogP contribution in [0, 0.1) is 6.92 Å². The van der Waals surface area contributed by atoms with Gasteiger partial charge in [-0.1, -0.05) is 0 Å². The zero-order chi connectivity index (χ0) is 18.3. The number of likely N-dealkylation sites (tertiary alicyclic amines) is 1. The largest absolute Gasteiger partial charge is 0.508 e. The maximum atomic E-state index is 12.5. The number of rotatable bonds is 3. The molecule has 3 N–H and O–H groups in total. The van der Waals surface area contributed by atoms with Crippen molar-refractivity contribution < 1.29 is 29.3 Å². The number of carbonyl (C=O) groups excluding carboxylic acids is 1. The van der Waals surface area contributed by atoms with Crippen molar-refractivity contribution >= 4 is 22.8 Å². The molecule has 0 bridgehead atoms. The lowest BCUT2D eigenvalue weighted by atomic mass is 10.0. The quantitative estimate of drug-likeness (QED) is 0.710. The summed E-state index contributed by atoms with van der Waals surface area (Å²) in [5.74, 6) is -2.06. The zero-order valence-corrected chi connectivity index (χ0v) is 13.5. The molecule has 1 aromatic heterocycles. The van der Waals surface area contributed by atoms with Gasteiger partial charge in [0.1, 0.15) is 23.1 Å². The van der Waals surface area contributed by atoms with Crippen molar-refractivity contribution in [3.63, 3.8) is 0 Å². The normalized spacial score (nSPS) is 17.2. The number of fused-ring (bicyclic) bond motifs is 1. The van der Waals surface area contributed by atoms with Crippen molar-refractivity contribution in [2.24, 2.45) is 0 Å². The van der Waals surface area contributed by atoms with Gasteiger partial charge in [-0.15, -0.1) is 0 Å². The SMILES string of the molecule is Cc1c(CC(=O)N2CCCC2C(=O)O)c(=O)oc2cc(O)cc(O)c12. The first-order chi connectivity index (χ1) is 11.8. The highest BCUT2D eigenvalue weighted by molar-refractivity contribution is 5.90. The number of carboxylic acids is 1. The van der Waals surface area contributed by atoms with Gasteiger partial charge in [0.25, 0.3) is 0 Å². The van der Waals surface area contributed by atoms with E-state index < -0.39 is 23.5 Å². The average molecular weight is 347 g/mol. The molecule has 8 heteroatoms. The first-order valence-corrected chi connectivity index (χ1v) is 7.80. The summed E-state index contributed by atoms with van der Waals surface area (Å²) < 4.78 is 5.11. The Kier molecular flexibility index (Phi) is 4.12. The van der Waals surface area contributed by atoms with E-state index in [1.54, 1.807) is 6.92 Å². The highest BCUT2D eigenvalue weighted by Crippen LogP contribution is 2.32. The number of hydrogen-bond acceptors (Lipinski definition) is 6. The van der Waals surface area contributed by atoms with E-state index in [2.05, 4.69) is 0 Å². The van der Waals surface area contributed by atoms with Crippen molar-refractivity contribution in [2.45, 2.75) is 32.2 Å². The van der Waals surface area contributed by atoms with Gasteiger partial charge in [0.05, 0.1) is 17.4 Å². The molecule has 0 radical (unpaired) electrons. The lowest BCUT2D eigenvalue weighted by Crippen LogP contribution is -2.41. The number of phenolic OH excluding ortho intramolecular Hbond substituents is 2. The molecule has 1 unspecified atom stereocenters. The van der Waals surface area contributed by atoms with Gasteiger partial charge in [0, 0.05) is 18.7 Å². The Morgan fingerprint density at radius 1 is 1.32 bits per heavy atom. The number of aliphatic carboxylic acids is 1. The molecule has 25 heavy (non-hydrogen) atoms. The van der Waals surface area contributed by atoms with Crippen LogP contribution in [0.1, 0.15) is 24.0 Å². The van der Waals surface area contributed by atoms with Crippen molar-refractivity contribution in [1.82, 2.24) is 4.90 Å². The van der Waals surface area contributed by atoms with Gasteiger partial charge in [-0.3, -0.25) is 4.79 Å². The molecule has 132 valence electrons. The summed E-state index contributed by atoms with van der Waals surface area (Å²) in [6.07, 6.45) is 0.661. The first-order valence-electron chi connectivity index (χ1n) is 7.80. The Morgan fingerprint density at radius 3 is 2.72 bits per heavy atom. The molecular weight excluding hydrogens is 330 g/mol. The maximum absolute atomic E-state index is 12.5. The molecule has 0 spiro atoms. The fourth-order valence-electron chi connectivity index (χ4n) is 3.29. The van der Waals surface area contributed by atoms with E-state index in [0.29, 0.717) is 24.9 Å². The second-order valence-electron chi connectivity index (χ2n) is 6.09. The summed E-state index contributed by atoms with van der Waals surface area (Å²) in [7, 11) is 0. The summed E-state index contributed by atoms with van der Waals surface area (Å²) in [5.41, 5.74) is -0.312. The third-order valence-corrected chi connectivity index (χ3v) is 4.53. The zero-order valence-electron chi connectivity index (χ0n) is 13.5. The smallest absolute Gasteiger partial charge is 0.340 e. The van der Waals surface area contributed by atoms with E-state index in [1.807, 2.05) is 0 Å². The molecule has 0 aliphatic carbocycles. The second kappa shape index (κ2) is 6.12. The van der Waals surface area contributed by atoms with Crippen LogP contribution < -0.4 is 5.63 Å². The molecule has 1 aliphatic heterocycles. The van der Waals surface area contributed by atoms with E-state index in [1.165, 1.54) is 11.0 Å². The van der Waals surface area contributed by atoms with Crippen molar-refractivity contribution in [1.29, 1.82) is 0 Å². The lowest BCUT2D eigenvalue weighted by molar-refractivity contribution is -0.148. The second-order valence-corrected chi connectivity index (χ2v) is 6.09. The van der Waals surface area contributed by atoms with Crippen LogP contribution in [0.2, 0.25) is 0 Å². The number of carbonyl (C=O) groups is 2. The Bertz CT molecular complexity index is 931. The Labute approximate surface area is 141 Å². The Balaban J connectivity index is 2.00. The molecule has 1 amide bonds. The highest BCUT2D eigenvalue weighted by atomic mass is 16.4. The van der Waals surface area contributed by atoms with Crippen LogP contribution in [0.3, 0.4) is 0 Å². The van der Waals surface area contributed by atoms with Gasteiger partial charge in [0.2, 0.25) is 5.91 Å². The third-order valence-electron chi connectivity index (χ3n) is 4.53. The molecule has 3 rings (SSSR count). The number of amides is 1. The van der Waals surface area contributed by atoms with E-state index in [-0.39, 0.29) is 34.5 Å². The minimum absolute atomic E-state index is 0.0146. The highest BCUT2D eigenvalue weighted by Gasteiger charge is 2.34. The summed E-state index contributed by atoms with van der Waals surface area (Å²) in [4.78, 5) is 37.2. The molecule has 8 nitrogen and oxygen atoms in total. The molecule has 0 saturated carbocycles. The van der Waals surface area contributed by atoms with Crippen LogP contribution in [0.5, 0.6) is 11.5 Å². The van der Waals surface area contributed by atoms with Crippen LogP contribution in [0.15, 0.2) is 21.3 Å². The van der Waals surface area contributed by atoms with Crippen LogP contribution in [-0.2, 0) is 16.0 Å². The first kappa shape index (κ1) is 16.8. The Morgan fingerprint density at radius 2 is 2.04 bits per heavy atom. The number of carboxylic acid groups (broad SMARTS) is 1. The van der Waals surface area contributed by atoms with Gasteiger partial charge in [-0.05, 0) is 25.3 Å². The number of nitrogens with zero attached hydrogens (tertiary/aromatic N) is 1. The lowest BCUT2D eigenvalue weighted by Gasteiger charge is -2.21. The molecule has 2 aromatic rings. The van der Waals surface area contributed by atoms with Crippen molar-refractivity contribution in [3.05, 3.63) is 33.7 Å². The topological polar surface area (TPSA) is 128 Å². The number of phenols is 2. The summed E-state index contributed by atoms with van der Waals surface area (Å²) in [6.45, 7) is 1.89. The third kappa shape index (κ3) is 2.90. The van der Waals surface area contributed by atoms with Crippen molar-refractivity contribution in [3.8, 4) is 11.5 Å². The number of aryl methyl sites for hydroxylation is 1. The van der Waals surface area contributed by atoms with Crippen LogP contribution >= 0.6 is 0 Å². The van der Waals surface area contributed by atoms with Crippen LogP contribution in [0.4, 0.5) is 0 Å². The minimum Gasteiger partial charge on any atom is -0.508 e. The molecule has 1 aliphatic rings. The standard InChI is InChI=1S/C17H17NO7/c1-8-10(7-14(21)18-4-2-3-11(18)16(22)23)17(24)25-13-6-9(19)5-12(20)15(8)13/h5-6,11,19-20H,2-4,7H2,1H3,(H,22,23). The number of aromatic hydroxyl groups is 2. The van der Waals surface area contributed by atoms with Gasteiger partial charge in [-0.25, -0.2) is 9.59 Å². The minimum atomic E-state index is -1.07. The fraction of sp³-hybridized carbons (Fsp3) is 0.353. The van der Waals surface area contributed by atoms with Crippen LogP contribution in [0.25, 0.3) is 11.0 Å². The van der Waals surface area contributed by atoms with Gasteiger partial charge >= 0.3 is 11.6 Å². The van der Waals surface area contributed by atoms with E-state index >= 15 is 0 Å². The average Bonchev–Trinajstić information content (AvgIpc) is 3.00. The molecule has 1 saturated heterocycles. The van der Waals surface area contributed by atoms with Crippen LogP contribution in [-0.4, -0.2) is 44.7 Å². The summed E-state index contributed by atoms with van der Waals surface area (Å²) >= 11 is 0. The monoisotopic (exact) mass is 347 g/mol. The van der Waals surface area contributed by atoms with Gasteiger partial charge < -0.3 is 24.6 Å². The van der Waals surface area contributed by atoms with E-state index in [0.717, 1.165) is 6.07 Å². The predicted molar refractivity (Wildman–Crippen MR) is 86.6 cm³/mol. The molecular formula is C17H17NO7. The maximum Gasteiger partial charge on any atom is 0.340 e. The molecule has 1 atom stereocenters. The van der Waals surface area contributed by atoms with E-state index in [9.17, 15) is 29.7 Å². The fourth-order valence-corrected chi connectivity index (χ4v) is 3.29. The Hall–Kier alpha value is -3.03. The molecule has 2 heterocycles. The van der Waals surface area contributed by atoms with E-state index in [4.69, 9.17) is 4.42 Å². The van der Waals surface area contributed by atoms with Gasteiger partial charge in [0.15, 0.2) is 0 Å².